The van der Waals surface area contributed by atoms with Crippen LogP contribution in [0, 0.1) is 26.1 Å². The highest BCUT2D eigenvalue weighted by Gasteiger charge is 2.41. The average Bonchev–Trinajstić information content (AvgIpc) is 3.17. The quantitative estimate of drug-likeness (QED) is 0.476. The van der Waals surface area contributed by atoms with E-state index in [1.54, 1.807) is 4.90 Å². The zero-order chi connectivity index (χ0) is 15.0. The number of hydrogen-bond acceptors (Lipinski definition) is 5. The normalized spacial score (nSPS) is 17.1. The summed E-state index contributed by atoms with van der Waals surface area (Å²) in [5, 5.41) is 21.5. The molecule has 1 fully saturated rings. The molecule has 1 aromatic rings. The molecule has 2 rings (SSSR count). The molecule has 1 saturated heterocycles. The fraction of sp³-hybridized carbons (Fsp3) is 0.417. The molecule has 1 amide bonds. The number of nitrogens with zero attached hydrogens (tertiary/aromatic N) is 3. The van der Waals surface area contributed by atoms with Gasteiger partial charge < -0.3 is 4.90 Å². The number of rotatable bonds is 4. The predicted octanol–water partition coefficient (Wildman–Crippen LogP) is 1.98. The summed E-state index contributed by atoms with van der Waals surface area (Å²) in [6.07, 6.45) is 0. The molecule has 8 heteroatoms. The van der Waals surface area contributed by atoms with Gasteiger partial charge in [0.1, 0.15) is 0 Å². The number of benzene rings is 1. The Hall–Kier alpha value is -2.51. The second kappa shape index (κ2) is 4.87. The first kappa shape index (κ1) is 13.9. The molecule has 0 aliphatic carbocycles. The van der Waals surface area contributed by atoms with Crippen molar-refractivity contribution < 1.29 is 14.6 Å². The summed E-state index contributed by atoms with van der Waals surface area (Å²) in [5.41, 5.74) is -0.926. The molecule has 0 unspecified atom stereocenters. The molecule has 0 spiro atoms. The van der Waals surface area contributed by atoms with Gasteiger partial charge in [-0.05, 0) is 5.92 Å². The molecule has 1 aliphatic heterocycles. The minimum Gasteiger partial charge on any atom is -0.332 e. The Bertz CT molecular complexity index is 567. The van der Waals surface area contributed by atoms with Gasteiger partial charge in [-0.25, -0.2) is 0 Å². The first-order chi connectivity index (χ1) is 9.31. The molecule has 8 nitrogen and oxygen atoms in total. The Morgan fingerprint density at radius 1 is 1.20 bits per heavy atom. The molecule has 0 saturated carbocycles. The molecule has 1 heterocycles. The largest absolute Gasteiger partial charge is 0.332 e. The van der Waals surface area contributed by atoms with Gasteiger partial charge in [-0.2, -0.15) is 0 Å². The minimum absolute atomic E-state index is 0.0194. The lowest BCUT2D eigenvalue weighted by Crippen LogP contribution is -2.16. The lowest BCUT2D eigenvalue weighted by molar-refractivity contribution is -0.394. The van der Waals surface area contributed by atoms with E-state index in [9.17, 15) is 25.0 Å². The Labute approximate surface area is 114 Å². The van der Waals surface area contributed by atoms with Crippen LogP contribution in [-0.4, -0.2) is 33.2 Å². The van der Waals surface area contributed by atoms with Crippen molar-refractivity contribution in [3.63, 3.8) is 0 Å². The summed E-state index contributed by atoms with van der Waals surface area (Å²) >= 11 is 0. The Balaban J connectivity index is 2.34. The van der Waals surface area contributed by atoms with E-state index in [0.717, 1.165) is 18.2 Å². The third-order valence-electron chi connectivity index (χ3n) is 3.25. The minimum atomic E-state index is -0.744. The SMILES string of the molecule is CC(C)[C@@H]1CN1C(=O)c1cc([N+](=O)[O-])cc([N+](=O)[O-])c1. The van der Waals surface area contributed by atoms with Crippen LogP contribution in [0.15, 0.2) is 18.2 Å². The Kier molecular flexibility index (Phi) is 3.39. The van der Waals surface area contributed by atoms with Crippen molar-refractivity contribution in [2.24, 2.45) is 5.92 Å². The average molecular weight is 279 g/mol. The number of nitro groups is 2. The summed E-state index contributed by atoms with van der Waals surface area (Å²) in [6.45, 7) is 4.51. The van der Waals surface area contributed by atoms with Gasteiger partial charge in [-0.1, -0.05) is 13.8 Å². The van der Waals surface area contributed by atoms with Crippen molar-refractivity contribution in [2.45, 2.75) is 19.9 Å². The van der Waals surface area contributed by atoms with Crippen molar-refractivity contribution in [2.75, 3.05) is 6.54 Å². The summed E-state index contributed by atoms with van der Waals surface area (Å²) in [6, 6.07) is 3.09. The van der Waals surface area contributed by atoms with E-state index in [1.165, 1.54) is 0 Å². The zero-order valence-electron chi connectivity index (χ0n) is 11.0. The van der Waals surface area contributed by atoms with E-state index in [2.05, 4.69) is 0 Å². The number of non-ortho nitro benzene ring substituents is 2. The number of hydrogen-bond donors (Lipinski definition) is 0. The molecule has 0 N–H and O–H groups in total. The fourth-order valence-electron chi connectivity index (χ4n) is 2.05. The number of carbonyl (C=O) groups is 1. The molecule has 20 heavy (non-hydrogen) atoms. The number of amides is 1. The predicted molar refractivity (Wildman–Crippen MR) is 69.4 cm³/mol. The molecule has 1 atom stereocenters. The van der Waals surface area contributed by atoms with Crippen LogP contribution in [0.4, 0.5) is 11.4 Å². The van der Waals surface area contributed by atoms with E-state index in [-0.39, 0.29) is 17.5 Å². The Morgan fingerprint density at radius 2 is 1.70 bits per heavy atom. The topological polar surface area (TPSA) is 106 Å². The van der Waals surface area contributed by atoms with E-state index in [4.69, 9.17) is 0 Å². The van der Waals surface area contributed by atoms with Crippen LogP contribution in [-0.2, 0) is 0 Å². The highest BCUT2D eigenvalue weighted by Crippen LogP contribution is 2.30. The maximum Gasteiger partial charge on any atom is 0.277 e. The summed E-state index contributed by atoms with van der Waals surface area (Å²) < 4.78 is 0. The second-order valence-corrected chi connectivity index (χ2v) is 5.02. The van der Waals surface area contributed by atoms with Crippen molar-refractivity contribution in [1.82, 2.24) is 4.90 Å². The van der Waals surface area contributed by atoms with Crippen LogP contribution in [0.25, 0.3) is 0 Å². The van der Waals surface area contributed by atoms with E-state index in [0.29, 0.717) is 6.54 Å². The molecule has 1 aliphatic rings. The van der Waals surface area contributed by atoms with Crippen LogP contribution in [0.1, 0.15) is 24.2 Å². The molecule has 0 radical (unpaired) electrons. The van der Waals surface area contributed by atoms with E-state index in [1.807, 2.05) is 13.8 Å². The molecule has 0 bridgehead atoms. The number of carbonyl (C=O) groups excluding carboxylic acids is 1. The van der Waals surface area contributed by atoms with Crippen molar-refractivity contribution in [3.8, 4) is 0 Å². The van der Waals surface area contributed by atoms with Gasteiger partial charge in [-0.15, -0.1) is 0 Å². The van der Waals surface area contributed by atoms with Gasteiger partial charge in [0.25, 0.3) is 17.3 Å². The van der Waals surface area contributed by atoms with Crippen molar-refractivity contribution in [3.05, 3.63) is 44.0 Å². The first-order valence-electron chi connectivity index (χ1n) is 6.06. The zero-order valence-corrected chi connectivity index (χ0v) is 11.0. The summed E-state index contributed by atoms with van der Waals surface area (Å²) in [5.74, 6) is -0.122. The molecule has 1 aromatic carbocycles. The Morgan fingerprint density at radius 3 is 2.05 bits per heavy atom. The maximum absolute atomic E-state index is 12.2. The summed E-state index contributed by atoms with van der Waals surface area (Å²) in [4.78, 5) is 33.7. The van der Waals surface area contributed by atoms with Gasteiger partial charge in [0.15, 0.2) is 0 Å². The van der Waals surface area contributed by atoms with E-state index >= 15 is 0 Å². The third-order valence-corrected chi connectivity index (χ3v) is 3.25. The maximum atomic E-state index is 12.2. The van der Waals surface area contributed by atoms with Crippen LogP contribution in [0.3, 0.4) is 0 Å². The van der Waals surface area contributed by atoms with Gasteiger partial charge >= 0.3 is 0 Å². The summed E-state index contributed by atoms with van der Waals surface area (Å²) in [7, 11) is 0. The van der Waals surface area contributed by atoms with Gasteiger partial charge in [0.2, 0.25) is 0 Å². The standard InChI is InChI=1S/C12H13N3O5/c1-7(2)11-6-13(11)12(16)8-3-9(14(17)18)5-10(4-8)15(19)20/h3-5,7,11H,6H2,1-2H3/t11-,13?/m0/s1. The first-order valence-corrected chi connectivity index (χ1v) is 6.06. The monoisotopic (exact) mass is 279 g/mol. The highest BCUT2D eigenvalue weighted by molar-refractivity contribution is 5.97. The van der Waals surface area contributed by atoms with Gasteiger partial charge in [-0.3, -0.25) is 25.0 Å². The van der Waals surface area contributed by atoms with Crippen LogP contribution >= 0.6 is 0 Å². The van der Waals surface area contributed by atoms with Crippen molar-refractivity contribution >= 4 is 17.3 Å². The van der Waals surface area contributed by atoms with E-state index < -0.39 is 27.1 Å². The second-order valence-electron chi connectivity index (χ2n) is 5.02. The van der Waals surface area contributed by atoms with Crippen molar-refractivity contribution in [1.29, 1.82) is 0 Å². The molecular weight excluding hydrogens is 266 g/mol. The number of nitro benzene ring substituents is 2. The lowest BCUT2D eigenvalue weighted by Gasteiger charge is -2.06. The van der Waals surface area contributed by atoms with Crippen LogP contribution < -0.4 is 0 Å². The lowest BCUT2D eigenvalue weighted by atomic mass is 10.1. The van der Waals surface area contributed by atoms with Gasteiger partial charge in [0.05, 0.1) is 27.5 Å². The third kappa shape index (κ3) is 2.58. The smallest absolute Gasteiger partial charge is 0.277 e. The molecule has 0 aromatic heterocycles. The molecule has 106 valence electrons. The molecular formula is C12H13N3O5. The fourth-order valence-corrected chi connectivity index (χ4v) is 2.05. The van der Waals surface area contributed by atoms with Gasteiger partial charge in [0, 0.05) is 18.7 Å². The highest BCUT2D eigenvalue weighted by atomic mass is 16.6. The van der Waals surface area contributed by atoms with Crippen LogP contribution in [0.5, 0.6) is 0 Å². The van der Waals surface area contributed by atoms with Crippen LogP contribution in [0.2, 0.25) is 0 Å².